The number of likely N-dealkylation sites (tertiary alicyclic amines) is 1. The van der Waals surface area contributed by atoms with Crippen molar-refractivity contribution in [2.45, 2.75) is 25.0 Å². The number of hydrogen-bond donors (Lipinski definition) is 1. The van der Waals surface area contributed by atoms with Crippen molar-refractivity contribution in [2.75, 3.05) is 11.4 Å². The zero-order chi connectivity index (χ0) is 21.0. The number of carbonyl (C=O) groups is 3. The lowest BCUT2D eigenvalue weighted by Crippen LogP contribution is -2.54. The average Bonchev–Trinajstić information content (AvgIpc) is 3.29. The second kappa shape index (κ2) is 6.54. The lowest BCUT2D eigenvalue weighted by atomic mass is 9.76. The van der Waals surface area contributed by atoms with Crippen LogP contribution in [-0.2, 0) is 26.5 Å². The zero-order valence-corrected chi connectivity index (χ0v) is 16.5. The van der Waals surface area contributed by atoms with Gasteiger partial charge in [-0.05, 0) is 18.6 Å². The number of hydrogen-bond acceptors (Lipinski definition) is 4. The summed E-state index contributed by atoms with van der Waals surface area (Å²) < 4.78 is 0. The van der Waals surface area contributed by atoms with Crippen molar-refractivity contribution in [3.05, 3.63) is 65.7 Å². The van der Waals surface area contributed by atoms with Crippen molar-refractivity contribution in [1.82, 2.24) is 10.2 Å². The fourth-order valence-corrected chi connectivity index (χ4v) is 5.34. The van der Waals surface area contributed by atoms with Gasteiger partial charge in [-0.15, -0.1) is 6.42 Å². The monoisotopic (exact) mass is 399 g/mol. The standard InChI is InChI=1S/C24H21N3O3/c1-3-13-26-18-12-8-7-11-17(18)24(23(26)30)20-19(15(2)25-24)21(28)27(22(20)29)14-16-9-5-4-6-10-16/h1,4-12,15,19-20,25H,13-14H2,2H3/t15-,19+,20+,24+/m1/s1. The molecule has 6 nitrogen and oxygen atoms in total. The highest BCUT2D eigenvalue weighted by Gasteiger charge is 2.70. The van der Waals surface area contributed by atoms with Crippen molar-refractivity contribution in [2.24, 2.45) is 11.8 Å². The molecule has 3 aliphatic heterocycles. The van der Waals surface area contributed by atoms with Gasteiger partial charge in [0, 0.05) is 11.6 Å². The summed E-state index contributed by atoms with van der Waals surface area (Å²) in [6.07, 6.45) is 5.51. The summed E-state index contributed by atoms with van der Waals surface area (Å²) >= 11 is 0. The summed E-state index contributed by atoms with van der Waals surface area (Å²) in [5.41, 5.74) is 1.02. The Labute approximate surface area is 174 Å². The fourth-order valence-electron chi connectivity index (χ4n) is 5.34. The van der Waals surface area contributed by atoms with Crippen LogP contribution >= 0.6 is 0 Å². The summed E-state index contributed by atoms with van der Waals surface area (Å²) in [4.78, 5) is 43.4. The van der Waals surface area contributed by atoms with E-state index in [1.807, 2.05) is 61.5 Å². The van der Waals surface area contributed by atoms with Gasteiger partial charge in [-0.1, -0.05) is 54.5 Å². The largest absolute Gasteiger partial charge is 0.298 e. The van der Waals surface area contributed by atoms with Gasteiger partial charge in [0.2, 0.25) is 11.8 Å². The van der Waals surface area contributed by atoms with Crippen LogP contribution in [0.4, 0.5) is 5.69 Å². The van der Waals surface area contributed by atoms with E-state index in [0.29, 0.717) is 11.3 Å². The Kier molecular flexibility index (Phi) is 4.05. The van der Waals surface area contributed by atoms with Gasteiger partial charge in [0.1, 0.15) is 5.54 Å². The predicted octanol–water partition coefficient (Wildman–Crippen LogP) is 1.65. The quantitative estimate of drug-likeness (QED) is 0.630. The number of benzene rings is 2. The summed E-state index contributed by atoms with van der Waals surface area (Å²) in [5, 5.41) is 3.34. The van der Waals surface area contributed by atoms with Gasteiger partial charge >= 0.3 is 0 Å². The third-order valence-corrected chi connectivity index (χ3v) is 6.54. The number of nitrogens with zero attached hydrogens (tertiary/aromatic N) is 2. The molecule has 30 heavy (non-hydrogen) atoms. The summed E-state index contributed by atoms with van der Waals surface area (Å²) in [6.45, 7) is 2.18. The van der Waals surface area contributed by atoms with Gasteiger partial charge in [-0.2, -0.15) is 0 Å². The molecule has 0 bridgehead atoms. The summed E-state index contributed by atoms with van der Waals surface area (Å²) in [7, 11) is 0. The molecular weight excluding hydrogens is 378 g/mol. The van der Waals surface area contributed by atoms with Crippen LogP contribution in [0.15, 0.2) is 54.6 Å². The van der Waals surface area contributed by atoms with Crippen LogP contribution in [0.25, 0.3) is 0 Å². The number of imide groups is 1. The van der Waals surface area contributed by atoms with Gasteiger partial charge in [0.15, 0.2) is 0 Å². The number of carbonyl (C=O) groups excluding carboxylic acids is 3. The molecular formula is C24H21N3O3. The molecule has 3 aliphatic rings. The van der Waals surface area contributed by atoms with Gasteiger partial charge in [0.25, 0.3) is 5.91 Å². The molecule has 150 valence electrons. The third kappa shape index (κ3) is 2.27. The third-order valence-electron chi connectivity index (χ3n) is 6.54. The maximum atomic E-state index is 13.7. The van der Waals surface area contributed by atoms with Crippen LogP contribution in [0.3, 0.4) is 0 Å². The minimum absolute atomic E-state index is 0.112. The van der Waals surface area contributed by atoms with Gasteiger partial charge in [-0.3, -0.25) is 29.5 Å². The Balaban J connectivity index is 1.61. The molecule has 2 saturated heterocycles. The molecule has 0 aromatic heterocycles. The van der Waals surface area contributed by atoms with E-state index < -0.39 is 17.4 Å². The van der Waals surface area contributed by atoms with Gasteiger partial charge < -0.3 is 0 Å². The van der Waals surface area contributed by atoms with E-state index in [-0.39, 0.29) is 36.9 Å². The molecule has 0 aliphatic carbocycles. The lowest BCUT2D eigenvalue weighted by Gasteiger charge is -2.30. The number of terminal acetylenes is 1. The Bertz CT molecular complexity index is 1110. The maximum Gasteiger partial charge on any atom is 0.253 e. The van der Waals surface area contributed by atoms with Crippen LogP contribution in [0.1, 0.15) is 18.1 Å². The maximum absolute atomic E-state index is 13.7. The molecule has 5 rings (SSSR count). The van der Waals surface area contributed by atoms with Crippen LogP contribution in [-0.4, -0.2) is 35.2 Å². The number of amides is 3. The van der Waals surface area contributed by atoms with Crippen LogP contribution in [0.5, 0.6) is 0 Å². The number of para-hydroxylation sites is 1. The SMILES string of the molecule is C#CCN1C(=O)[C@]2(N[C@H](C)[C@@H]3C(=O)N(Cc4ccccc4)C(=O)[C@H]32)c2ccccc21. The van der Waals surface area contributed by atoms with E-state index >= 15 is 0 Å². The Morgan fingerprint density at radius 2 is 1.70 bits per heavy atom. The Morgan fingerprint density at radius 3 is 2.43 bits per heavy atom. The first kappa shape index (κ1) is 18.6. The second-order valence-electron chi connectivity index (χ2n) is 8.11. The fraction of sp³-hybridized carbons (Fsp3) is 0.292. The highest BCUT2D eigenvalue weighted by molar-refractivity contribution is 6.16. The normalized spacial score (nSPS) is 29.5. The molecule has 1 spiro atoms. The molecule has 6 heteroatoms. The molecule has 2 aromatic rings. The highest BCUT2D eigenvalue weighted by atomic mass is 16.2. The average molecular weight is 399 g/mol. The molecule has 3 heterocycles. The summed E-state index contributed by atoms with van der Waals surface area (Å²) in [5.74, 6) is 0.350. The summed E-state index contributed by atoms with van der Waals surface area (Å²) in [6, 6.07) is 16.5. The number of fused-ring (bicyclic) bond motifs is 4. The smallest absolute Gasteiger partial charge is 0.253 e. The highest BCUT2D eigenvalue weighted by Crippen LogP contribution is 2.54. The van der Waals surface area contributed by atoms with Gasteiger partial charge in [-0.25, -0.2) is 0 Å². The molecule has 4 atom stereocenters. The van der Waals surface area contributed by atoms with Crippen molar-refractivity contribution >= 4 is 23.4 Å². The van der Waals surface area contributed by atoms with E-state index in [2.05, 4.69) is 11.2 Å². The Hall–Kier alpha value is -3.43. The first-order valence-corrected chi connectivity index (χ1v) is 10.0. The van der Waals surface area contributed by atoms with E-state index in [9.17, 15) is 14.4 Å². The van der Waals surface area contributed by atoms with E-state index in [4.69, 9.17) is 6.42 Å². The minimum atomic E-state index is -1.27. The van der Waals surface area contributed by atoms with Crippen molar-refractivity contribution < 1.29 is 14.4 Å². The number of rotatable bonds is 3. The zero-order valence-electron chi connectivity index (χ0n) is 16.5. The van der Waals surface area contributed by atoms with Crippen LogP contribution in [0, 0.1) is 24.2 Å². The van der Waals surface area contributed by atoms with Crippen molar-refractivity contribution in [3.63, 3.8) is 0 Å². The topological polar surface area (TPSA) is 69.7 Å². The number of anilines is 1. The molecule has 0 saturated carbocycles. The van der Waals surface area contributed by atoms with Crippen molar-refractivity contribution in [1.29, 1.82) is 0 Å². The lowest BCUT2D eigenvalue weighted by molar-refractivity contribution is -0.143. The van der Waals surface area contributed by atoms with Crippen LogP contribution < -0.4 is 10.2 Å². The first-order chi connectivity index (χ1) is 14.5. The predicted molar refractivity (Wildman–Crippen MR) is 111 cm³/mol. The van der Waals surface area contributed by atoms with E-state index in [1.54, 1.807) is 0 Å². The first-order valence-electron chi connectivity index (χ1n) is 10.0. The molecule has 3 amide bonds. The van der Waals surface area contributed by atoms with E-state index in [1.165, 1.54) is 9.80 Å². The van der Waals surface area contributed by atoms with Crippen LogP contribution in [0.2, 0.25) is 0 Å². The van der Waals surface area contributed by atoms with E-state index in [0.717, 1.165) is 5.56 Å². The van der Waals surface area contributed by atoms with Gasteiger partial charge in [0.05, 0.1) is 30.6 Å². The van der Waals surface area contributed by atoms with Crippen molar-refractivity contribution in [3.8, 4) is 12.3 Å². The number of nitrogens with one attached hydrogen (secondary N) is 1. The molecule has 1 N–H and O–H groups in total. The molecule has 0 unspecified atom stereocenters. The second-order valence-corrected chi connectivity index (χ2v) is 8.11. The Morgan fingerprint density at radius 1 is 1.00 bits per heavy atom. The molecule has 2 aromatic carbocycles. The molecule has 0 radical (unpaired) electrons. The molecule has 2 fully saturated rings. The minimum Gasteiger partial charge on any atom is -0.298 e.